The van der Waals surface area contributed by atoms with Gasteiger partial charge in [0.25, 0.3) is 0 Å². The number of anilines is 1. The van der Waals surface area contributed by atoms with Gasteiger partial charge in [-0.05, 0) is 80.4 Å². The molecule has 6 rings (SSSR count). The number of nitrogens with zero attached hydrogens (tertiary/aromatic N) is 2. The number of rotatable bonds is 2. The number of aromatic nitrogens is 2. The molecule has 4 aliphatic rings. The summed E-state index contributed by atoms with van der Waals surface area (Å²) in [5.74, 6) is 1.77. The minimum absolute atomic E-state index is 0.0819. The normalized spacial score (nSPS) is 35.0. The zero-order chi connectivity index (χ0) is 18.1. The van der Waals surface area contributed by atoms with Gasteiger partial charge in [-0.1, -0.05) is 35.3 Å². The van der Waals surface area contributed by atoms with Crippen LogP contribution >= 0.6 is 23.2 Å². The first-order valence-electron chi connectivity index (χ1n) is 9.45. The molecule has 4 saturated carbocycles. The Bertz CT molecular complexity index is 840. The zero-order valence-electron chi connectivity index (χ0n) is 14.9. The highest BCUT2D eigenvalue weighted by molar-refractivity contribution is 6.30. The van der Waals surface area contributed by atoms with Crippen molar-refractivity contribution >= 4 is 29.2 Å². The fraction of sp³-hybridized carbons (Fsp3) is 0.524. The first-order valence-corrected chi connectivity index (χ1v) is 10.2. The molecule has 4 fully saturated rings. The Morgan fingerprint density at radius 3 is 2.19 bits per heavy atom. The quantitative estimate of drug-likeness (QED) is 0.695. The Hall–Kier alpha value is -1.32. The molecule has 4 bridgehead atoms. The van der Waals surface area contributed by atoms with E-state index in [9.17, 15) is 0 Å². The van der Waals surface area contributed by atoms with E-state index in [0.717, 1.165) is 34.5 Å². The van der Waals surface area contributed by atoms with Gasteiger partial charge in [0.1, 0.15) is 5.15 Å². The maximum atomic E-state index is 6.63. The molecule has 136 valence electrons. The minimum atomic E-state index is 0.0819. The summed E-state index contributed by atoms with van der Waals surface area (Å²) in [6.45, 7) is 2.03. The molecular formula is C21H23Cl2N3. The van der Waals surface area contributed by atoms with E-state index in [2.05, 4.69) is 22.1 Å². The Morgan fingerprint density at radius 2 is 1.58 bits per heavy atom. The molecule has 0 spiro atoms. The Balaban J connectivity index is 1.65. The maximum absolute atomic E-state index is 6.63. The van der Waals surface area contributed by atoms with Crippen LogP contribution in [0.1, 0.15) is 55.3 Å². The SMILES string of the molecule is Cc1nc(N)nc(Cl)c1C12C[C@H]3C[C@@H](CC(c4ccc(Cl)cc4)(C3)C1)C2. The van der Waals surface area contributed by atoms with Crippen molar-refractivity contribution < 1.29 is 0 Å². The highest BCUT2D eigenvalue weighted by Crippen LogP contribution is 2.66. The van der Waals surface area contributed by atoms with Gasteiger partial charge in [0, 0.05) is 21.7 Å². The molecule has 2 aromatic rings. The molecular weight excluding hydrogens is 365 g/mol. The van der Waals surface area contributed by atoms with E-state index >= 15 is 0 Å². The van der Waals surface area contributed by atoms with Gasteiger partial charge in [-0.15, -0.1) is 0 Å². The van der Waals surface area contributed by atoms with Crippen LogP contribution in [0.3, 0.4) is 0 Å². The van der Waals surface area contributed by atoms with Gasteiger partial charge in [0.2, 0.25) is 5.95 Å². The molecule has 0 saturated heterocycles. The number of hydrogen-bond acceptors (Lipinski definition) is 3. The third kappa shape index (κ3) is 2.40. The molecule has 2 N–H and O–H groups in total. The highest BCUT2D eigenvalue weighted by Gasteiger charge is 2.59. The number of benzene rings is 1. The van der Waals surface area contributed by atoms with Crippen LogP contribution in [0, 0.1) is 18.8 Å². The van der Waals surface area contributed by atoms with Crippen molar-refractivity contribution in [3.05, 3.63) is 51.3 Å². The zero-order valence-corrected chi connectivity index (χ0v) is 16.4. The number of halogens is 2. The Morgan fingerprint density at radius 1 is 0.962 bits per heavy atom. The lowest BCUT2D eigenvalue weighted by molar-refractivity contribution is -0.0286. The van der Waals surface area contributed by atoms with Crippen molar-refractivity contribution in [3.63, 3.8) is 0 Å². The van der Waals surface area contributed by atoms with E-state index in [4.69, 9.17) is 28.9 Å². The third-order valence-corrected chi connectivity index (χ3v) is 7.64. The summed E-state index contributed by atoms with van der Waals surface area (Å²) in [7, 11) is 0. The van der Waals surface area contributed by atoms with Gasteiger partial charge in [-0.25, -0.2) is 9.97 Å². The summed E-state index contributed by atoms with van der Waals surface area (Å²) in [5, 5.41) is 1.36. The smallest absolute Gasteiger partial charge is 0.221 e. The van der Waals surface area contributed by atoms with E-state index in [1.54, 1.807) is 0 Å². The van der Waals surface area contributed by atoms with Crippen LogP contribution in [0.5, 0.6) is 0 Å². The van der Waals surface area contributed by atoms with Crippen LogP contribution in [0.15, 0.2) is 24.3 Å². The number of nitrogen functional groups attached to an aromatic ring is 1. The van der Waals surface area contributed by atoms with Crippen LogP contribution in [-0.4, -0.2) is 9.97 Å². The topological polar surface area (TPSA) is 51.8 Å². The second-order valence-electron chi connectivity index (χ2n) is 8.86. The lowest BCUT2D eigenvalue weighted by Crippen LogP contribution is -2.56. The molecule has 0 radical (unpaired) electrons. The van der Waals surface area contributed by atoms with Crippen molar-refractivity contribution in [1.82, 2.24) is 9.97 Å². The molecule has 3 nitrogen and oxygen atoms in total. The van der Waals surface area contributed by atoms with Gasteiger partial charge < -0.3 is 5.73 Å². The second kappa shape index (κ2) is 5.59. The summed E-state index contributed by atoms with van der Waals surface area (Å²) in [6.07, 6.45) is 7.43. The Kier molecular flexibility index (Phi) is 3.62. The third-order valence-electron chi connectivity index (χ3n) is 7.11. The van der Waals surface area contributed by atoms with Gasteiger partial charge in [-0.2, -0.15) is 0 Å². The first-order chi connectivity index (χ1) is 12.4. The number of aryl methyl sites for hydroxylation is 1. The molecule has 0 aliphatic heterocycles. The molecule has 0 amide bonds. The molecule has 1 heterocycles. The van der Waals surface area contributed by atoms with Crippen LogP contribution in [-0.2, 0) is 10.8 Å². The van der Waals surface area contributed by atoms with Gasteiger partial charge in [0.05, 0.1) is 0 Å². The lowest BCUT2D eigenvalue weighted by Gasteiger charge is -2.62. The van der Waals surface area contributed by atoms with Gasteiger partial charge in [-0.3, -0.25) is 0 Å². The van der Waals surface area contributed by atoms with Crippen molar-refractivity contribution in [2.45, 2.75) is 56.3 Å². The average molecular weight is 388 g/mol. The van der Waals surface area contributed by atoms with Crippen LogP contribution in [0.4, 0.5) is 5.95 Å². The largest absolute Gasteiger partial charge is 0.368 e. The fourth-order valence-electron chi connectivity index (χ4n) is 6.86. The van der Waals surface area contributed by atoms with E-state index < -0.39 is 0 Å². The van der Waals surface area contributed by atoms with Crippen LogP contribution in [0.2, 0.25) is 10.2 Å². The first kappa shape index (κ1) is 16.8. The van der Waals surface area contributed by atoms with E-state index in [1.165, 1.54) is 37.7 Å². The molecule has 2 atom stereocenters. The minimum Gasteiger partial charge on any atom is -0.368 e. The van der Waals surface area contributed by atoms with Crippen LogP contribution in [0.25, 0.3) is 0 Å². The number of nitrogens with two attached hydrogens (primary N) is 1. The predicted octanol–water partition coefficient (Wildman–Crippen LogP) is 5.46. The van der Waals surface area contributed by atoms with E-state index in [0.29, 0.717) is 5.15 Å². The van der Waals surface area contributed by atoms with E-state index in [1.807, 2.05) is 19.1 Å². The highest BCUT2D eigenvalue weighted by atomic mass is 35.5. The van der Waals surface area contributed by atoms with Crippen molar-refractivity contribution in [2.75, 3.05) is 5.73 Å². The molecule has 26 heavy (non-hydrogen) atoms. The molecule has 5 heteroatoms. The monoisotopic (exact) mass is 387 g/mol. The summed E-state index contributed by atoms with van der Waals surface area (Å²) in [4.78, 5) is 8.78. The predicted molar refractivity (Wildman–Crippen MR) is 106 cm³/mol. The average Bonchev–Trinajstić information content (AvgIpc) is 2.52. The number of hydrogen-bond donors (Lipinski definition) is 1. The summed E-state index contributed by atoms with van der Waals surface area (Å²) >= 11 is 12.8. The molecule has 1 aromatic carbocycles. The fourth-order valence-corrected chi connectivity index (χ4v) is 7.41. The van der Waals surface area contributed by atoms with Crippen molar-refractivity contribution in [2.24, 2.45) is 11.8 Å². The van der Waals surface area contributed by atoms with Crippen molar-refractivity contribution in [1.29, 1.82) is 0 Å². The van der Waals surface area contributed by atoms with Gasteiger partial charge in [0.15, 0.2) is 0 Å². The molecule has 1 aromatic heterocycles. The van der Waals surface area contributed by atoms with E-state index in [-0.39, 0.29) is 16.8 Å². The summed E-state index contributed by atoms with van der Waals surface area (Å²) < 4.78 is 0. The molecule has 4 aliphatic carbocycles. The maximum Gasteiger partial charge on any atom is 0.221 e. The summed E-state index contributed by atoms with van der Waals surface area (Å²) in [6, 6.07) is 8.54. The van der Waals surface area contributed by atoms with Gasteiger partial charge >= 0.3 is 0 Å². The summed E-state index contributed by atoms with van der Waals surface area (Å²) in [5.41, 5.74) is 9.69. The van der Waals surface area contributed by atoms with Crippen molar-refractivity contribution in [3.8, 4) is 0 Å². The second-order valence-corrected chi connectivity index (χ2v) is 9.66. The van der Waals surface area contributed by atoms with Crippen LogP contribution < -0.4 is 5.73 Å². The Labute approximate surface area is 164 Å². The standard InChI is InChI=1S/C21H23Cl2N3/c1-12-17(18(23)26-19(24)25-12)21-9-13-6-14(10-21)8-20(7-13,11-21)15-2-4-16(22)5-3-15/h2-5,13-14H,6-11H2,1H3,(H2,24,25,26)/t13-,14-,20?,21?/m0/s1. The lowest BCUT2D eigenvalue weighted by atomic mass is 9.41. The molecule has 0 unspecified atom stereocenters.